The van der Waals surface area contributed by atoms with Crippen LogP contribution in [0.4, 0.5) is 10.1 Å². The third-order valence-corrected chi connectivity index (χ3v) is 5.32. The van der Waals surface area contributed by atoms with Crippen LogP contribution in [0, 0.1) is 5.82 Å². The fraction of sp³-hybridized carbons (Fsp3) is 0.333. The van der Waals surface area contributed by atoms with E-state index in [9.17, 15) is 14.0 Å². The van der Waals surface area contributed by atoms with E-state index < -0.39 is 5.41 Å². The predicted molar refractivity (Wildman–Crippen MR) is 99.4 cm³/mol. The summed E-state index contributed by atoms with van der Waals surface area (Å²) in [6, 6.07) is 9.39. The number of nitrogens with one attached hydrogen (secondary N) is 2. The number of carbonyl (C=O) groups excluding carboxylic acids is 2. The lowest BCUT2D eigenvalue weighted by molar-refractivity contribution is -0.119. The van der Waals surface area contributed by atoms with Crippen molar-refractivity contribution in [2.24, 2.45) is 0 Å². The van der Waals surface area contributed by atoms with Gasteiger partial charge in [0.15, 0.2) is 0 Å². The number of halogens is 1. The van der Waals surface area contributed by atoms with Crippen LogP contribution in [0.5, 0.6) is 5.75 Å². The molecule has 5 nitrogen and oxygen atoms in total. The van der Waals surface area contributed by atoms with Crippen LogP contribution in [0.2, 0.25) is 0 Å². The molecule has 0 fully saturated rings. The maximum Gasteiger partial charge on any atom is 0.251 e. The van der Waals surface area contributed by atoms with Gasteiger partial charge in [0.25, 0.3) is 5.91 Å². The first kappa shape index (κ1) is 17.5. The summed E-state index contributed by atoms with van der Waals surface area (Å²) in [5, 5.41) is 5.86. The van der Waals surface area contributed by atoms with Gasteiger partial charge in [0.2, 0.25) is 5.91 Å². The summed E-state index contributed by atoms with van der Waals surface area (Å²) in [4.78, 5) is 24.9. The van der Waals surface area contributed by atoms with Gasteiger partial charge in [-0.25, -0.2) is 4.39 Å². The third-order valence-electron chi connectivity index (χ3n) is 5.32. The molecule has 6 heteroatoms. The van der Waals surface area contributed by atoms with Crippen molar-refractivity contribution in [1.82, 2.24) is 5.32 Å². The van der Waals surface area contributed by atoms with Crippen molar-refractivity contribution in [2.45, 2.75) is 38.1 Å². The first-order valence-corrected chi connectivity index (χ1v) is 9.05. The van der Waals surface area contributed by atoms with Crippen LogP contribution in [0.25, 0.3) is 0 Å². The molecular weight excluding hydrogens is 347 g/mol. The molecule has 1 atom stereocenters. The Morgan fingerprint density at radius 1 is 1.26 bits per heavy atom. The van der Waals surface area contributed by atoms with E-state index in [0.29, 0.717) is 30.0 Å². The molecule has 2 N–H and O–H groups in total. The number of hydrogen-bond donors (Lipinski definition) is 2. The van der Waals surface area contributed by atoms with Crippen LogP contribution in [0.3, 0.4) is 0 Å². The molecule has 140 valence electrons. The average molecular weight is 368 g/mol. The molecule has 0 bridgehead atoms. The second-order valence-corrected chi connectivity index (χ2v) is 7.54. The molecule has 0 saturated carbocycles. The second-order valence-electron chi connectivity index (χ2n) is 7.54. The summed E-state index contributed by atoms with van der Waals surface area (Å²) >= 11 is 0. The minimum Gasteiger partial charge on any atom is -0.493 e. The number of hydrogen-bond acceptors (Lipinski definition) is 3. The van der Waals surface area contributed by atoms with Crippen molar-refractivity contribution in [1.29, 1.82) is 0 Å². The van der Waals surface area contributed by atoms with Gasteiger partial charge < -0.3 is 15.4 Å². The first-order valence-electron chi connectivity index (χ1n) is 9.05. The highest BCUT2D eigenvalue weighted by Gasteiger charge is 2.38. The Kier molecular flexibility index (Phi) is 4.13. The standard InChI is InChI=1S/C21H21FN2O3/c1-21(2)15-8-5-12(10-17(15)24-20(21)26)19(25)23-16-4-3-9-27-18-11-13(22)6-7-14(16)18/h5-8,10-11,16H,3-4,9H2,1-2H3,(H,23,25)(H,24,26). The molecule has 0 spiro atoms. The van der Waals surface area contributed by atoms with E-state index in [-0.39, 0.29) is 23.7 Å². The number of rotatable bonds is 2. The average Bonchev–Trinajstić information content (AvgIpc) is 2.76. The SMILES string of the molecule is CC1(C)C(=O)Nc2cc(C(=O)NC3CCCOc4cc(F)ccc43)ccc21. The van der Waals surface area contributed by atoms with Gasteiger partial charge in [-0.2, -0.15) is 0 Å². The normalized spacial score (nSPS) is 20.0. The quantitative estimate of drug-likeness (QED) is 0.849. The third kappa shape index (κ3) is 3.05. The Balaban J connectivity index is 1.59. The van der Waals surface area contributed by atoms with Gasteiger partial charge in [0, 0.05) is 22.9 Å². The molecule has 2 aliphatic heterocycles. The summed E-state index contributed by atoms with van der Waals surface area (Å²) in [6.45, 7) is 4.20. The predicted octanol–water partition coefficient (Wildman–Crippen LogP) is 3.70. The van der Waals surface area contributed by atoms with Crippen LogP contribution >= 0.6 is 0 Å². The van der Waals surface area contributed by atoms with E-state index in [4.69, 9.17) is 4.74 Å². The summed E-state index contributed by atoms with van der Waals surface area (Å²) < 4.78 is 19.1. The zero-order valence-corrected chi connectivity index (χ0v) is 15.3. The molecule has 1 unspecified atom stereocenters. The molecule has 0 aromatic heterocycles. The van der Waals surface area contributed by atoms with Gasteiger partial charge in [-0.05, 0) is 50.5 Å². The Hall–Kier alpha value is -2.89. The lowest BCUT2D eigenvalue weighted by Gasteiger charge is -2.19. The summed E-state index contributed by atoms with van der Waals surface area (Å²) in [5.41, 5.74) is 2.20. The lowest BCUT2D eigenvalue weighted by Crippen LogP contribution is -2.28. The Morgan fingerprint density at radius 2 is 2.07 bits per heavy atom. The van der Waals surface area contributed by atoms with E-state index in [2.05, 4.69) is 10.6 Å². The van der Waals surface area contributed by atoms with Gasteiger partial charge in [-0.3, -0.25) is 9.59 Å². The van der Waals surface area contributed by atoms with Gasteiger partial charge in [-0.15, -0.1) is 0 Å². The number of anilines is 1. The van der Waals surface area contributed by atoms with Gasteiger partial charge in [0.05, 0.1) is 18.1 Å². The first-order chi connectivity index (χ1) is 12.9. The fourth-order valence-corrected chi connectivity index (χ4v) is 3.67. The number of amides is 2. The molecule has 0 saturated heterocycles. The number of fused-ring (bicyclic) bond motifs is 2. The van der Waals surface area contributed by atoms with Crippen molar-refractivity contribution in [3.8, 4) is 5.75 Å². The van der Waals surface area contributed by atoms with Gasteiger partial charge >= 0.3 is 0 Å². The highest BCUT2D eigenvalue weighted by molar-refractivity contribution is 6.07. The zero-order chi connectivity index (χ0) is 19.2. The summed E-state index contributed by atoms with van der Waals surface area (Å²) in [7, 11) is 0. The molecule has 2 aliphatic rings. The summed E-state index contributed by atoms with van der Waals surface area (Å²) in [6.07, 6.45) is 1.47. The smallest absolute Gasteiger partial charge is 0.251 e. The number of ether oxygens (including phenoxy) is 1. The van der Waals surface area contributed by atoms with E-state index in [1.807, 2.05) is 19.9 Å². The Bertz CT molecular complexity index is 939. The highest BCUT2D eigenvalue weighted by Crippen LogP contribution is 2.38. The zero-order valence-electron chi connectivity index (χ0n) is 15.3. The maximum absolute atomic E-state index is 13.5. The van der Waals surface area contributed by atoms with Crippen molar-refractivity contribution in [2.75, 3.05) is 11.9 Å². The largest absolute Gasteiger partial charge is 0.493 e. The minimum absolute atomic E-state index is 0.0769. The molecule has 2 aromatic carbocycles. The molecule has 2 aromatic rings. The van der Waals surface area contributed by atoms with Crippen LogP contribution in [0.1, 0.15) is 54.2 Å². The van der Waals surface area contributed by atoms with E-state index in [1.54, 1.807) is 18.2 Å². The molecule has 2 amide bonds. The minimum atomic E-state index is -0.605. The van der Waals surface area contributed by atoms with Crippen molar-refractivity contribution in [3.05, 3.63) is 58.9 Å². The van der Waals surface area contributed by atoms with Crippen LogP contribution < -0.4 is 15.4 Å². The molecule has 0 aliphatic carbocycles. The van der Waals surface area contributed by atoms with Crippen LogP contribution in [0.15, 0.2) is 36.4 Å². The molecule has 4 rings (SSSR count). The molecular formula is C21H21FN2O3. The summed E-state index contributed by atoms with van der Waals surface area (Å²) in [5.74, 6) is -0.204. The van der Waals surface area contributed by atoms with Crippen molar-refractivity contribution in [3.63, 3.8) is 0 Å². The van der Waals surface area contributed by atoms with Gasteiger partial charge in [0.1, 0.15) is 11.6 Å². The fourth-order valence-electron chi connectivity index (χ4n) is 3.67. The number of benzene rings is 2. The lowest BCUT2D eigenvalue weighted by atomic mass is 9.86. The molecule has 27 heavy (non-hydrogen) atoms. The monoisotopic (exact) mass is 368 g/mol. The second kappa shape index (κ2) is 6.37. The van der Waals surface area contributed by atoms with E-state index in [0.717, 1.165) is 17.5 Å². The Labute approximate surface area is 156 Å². The van der Waals surface area contributed by atoms with Gasteiger partial charge in [-0.1, -0.05) is 12.1 Å². The highest BCUT2D eigenvalue weighted by atomic mass is 19.1. The van der Waals surface area contributed by atoms with Crippen LogP contribution in [-0.2, 0) is 10.2 Å². The van der Waals surface area contributed by atoms with Crippen molar-refractivity contribution >= 4 is 17.5 Å². The molecule has 2 heterocycles. The van der Waals surface area contributed by atoms with E-state index >= 15 is 0 Å². The van der Waals surface area contributed by atoms with Crippen molar-refractivity contribution < 1.29 is 18.7 Å². The molecule has 0 radical (unpaired) electrons. The Morgan fingerprint density at radius 3 is 2.89 bits per heavy atom. The topological polar surface area (TPSA) is 67.4 Å². The maximum atomic E-state index is 13.5. The number of carbonyl (C=O) groups is 2. The van der Waals surface area contributed by atoms with E-state index in [1.165, 1.54) is 12.1 Å². The van der Waals surface area contributed by atoms with Crippen LogP contribution in [-0.4, -0.2) is 18.4 Å².